The molecule has 0 aliphatic heterocycles. The Hall–Kier alpha value is -4.72. The molecule has 3 heterocycles. The standard InChI is InChI=1S/C24H23N7O4/c1-13-9-14(2)31(29-13)20(18-8-6-5-7-16(18)10-25)15(3)22-28-19(21(32)24(34)30(22)4)23(33)27-17-11-26-35-12-17/h5-9,11-12,15,20,32H,1-4H3,(H,27,33)/t15-,20+/m0/s1. The molecule has 0 saturated carbocycles. The number of benzene rings is 1. The first kappa shape index (κ1) is 23.4. The van der Waals surface area contributed by atoms with Gasteiger partial charge >= 0.3 is 0 Å². The van der Waals surface area contributed by atoms with Gasteiger partial charge in [0, 0.05) is 18.7 Å². The molecule has 178 valence electrons. The zero-order valence-electron chi connectivity index (χ0n) is 19.6. The summed E-state index contributed by atoms with van der Waals surface area (Å²) in [6.07, 6.45) is 2.48. The van der Waals surface area contributed by atoms with Crippen LogP contribution in [0.5, 0.6) is 5.75 Å². The van der Waals surface area contributed by atoms with Crippen molar-refractivity contribution in [1.82, 2.24) is 24.5 Å². The third-order valence-electron chi connectivity index (χ3n) is 5.80. The molecule has 1 aromatic carbocycles. The lowest BCUT2D eigenvalue weighted by molar-refractivity contribution is 0.101. The largest absolute Gasteiger partial charge is 0.501 e. The Morgan fingerprint density at radius 2 is 2.03 bits per heavy atom. The van der Waals surface area contributed by atoms with E-state index in [2.05, 4.69) is 26.6 Å². The lowest BCUT2D eigenvalue weighted by Gasteiger charge is -2.28. The number of aromatic nitrogens is 5. The number of nitrogens with zero attached hydrogens (tertiary/aromatic N) is 6. The van der Waals surface area contributed by atoms with Crippen LogP contribution in [0.15, 0.2) is 52.1 Å². The highest BCUT2D eigenvalue weighted by Gasteiger charge is 2.32. The van der Waals surface area contributed by atoms with E-state index in [0.29, 0.717) is 11.1 Å². The number of amides is 1. The van der Waals surface area contributed by atoms with E-state index in [0.717, 1.165) is 11.4 Å². The zero-order valence-corrected chi connectivity index (χ0v) is 19.6. The average molecular weight is 473 g/mol. The molecule has 1 amide bonds. The first-order chi connectivity index (χ1) is 16.7. The minimum absolute atomic E-state index is 0.230. The summed E-state index contributed by atoms with van der Waals surface area (Å²) in [5.74, 6) is -1.88. The number of hydrogen-bond donors (Lipinski definition) is 2. The van der Waals surface area contributed by atoms with Gasteiger partial charge in [-0.15, -0.1) is 0 Å². The van der Waals surface area contributed by atoms with Gasteiger partial charge in [-0.05, 0) is 31.5 Å². The molecular formula is C24H23N7O4. The number of nitrogens with one attached hydrogen (secondary N) is 1. The molecule has 0 bridgehead atoms. The second-order valence-electron chi connectivity index (χ2n) is 8.20. The Kier molecular flexibility index (Phi) is 6.20. The molecule has 2 atom stereocenters. The van der Waals surface area contributed by atoms with Crippen molar-refractivity contribution in [3.63, 3.8) is 0 Å². The summed E-state index contributed by atoms with van der Waals surface area (Å²) in [5.41, 5.74) is 1.80. The summed E-state index contributed by atoms with van der Waals surface area (Å²) in [6, 6.07) is 10.7. The molecule has 11 nitrogen and oxygen atoms in total. The molecule has 3 aromatic heterocycles. The smallest absolute Gasteiger partial charge is 0.296 e. The molecule has 0 aliphatic carbocycles. The van der Waals surface area contributed by atoms with Crippen LogP contribution in [0.2, 0.25) is 0 Å². The topological polar surface area (TPSA) is 152 Å². The highest BCUT2D eigenvalue weighted by atomic mass is 16.5. The summed E-state index contributed by atoms with van der Waals surface area (Å²) < 4.78 is 7.68. The molecule has 4 rings (SSSR count). The number of hydrogen-bond acceptors (Lipinski definition) is 8. The number of rotatable bonds is 6. The van der Waals surface area contributed by atoms with Gasteiger partial charge in [0.05, 0.1) is 29.6 Å². The lowest BCUT2D eigenvalue weighted by Crippen LogP contribution is -2.31. The fraction of sp³-hybridized carbons (Fsp3) is 0.250. The van der Waals surface area contributed by atoms with Crippen molar-refractivity contribution in [2.45, 2.75) is 32.7 Å². The minimum Gasteiger partial charge on any atom is -0.501 e. The van der Waals surface area contributed by atoms with Crippen molar-refractivity contribution < 1.29 is 14.4 Å². The minimum atomic E-state index is -0.795. The van der Waals surface area contributed by atoms with E-state index >= 15 is 0 Å². The molecule has 0 radical (unpaired) electrons. The van der Waals surface area contributed by atoms with E-state index in [1.807, 2.05) is 39.0 Å². The van der Waals surface area contributed by atoms with Crippen molar-refractivity contribution >= 4 is 11.6 Å². The van der Waals surface area contributed by atoms with Crippen LogP contribution >= 0.6 is 0 Å². The number of carbonyl (C=O) groups excluding carboxylic acids is 1. The normalized spacial score (nSPS) is 12.7. The number of aryl methyl sites for hydroxylation is 2. The molecule has 4 aromatic rings. The number of nitriles is 1. The van der Waals surface area contributed by atoms with E-state index in [-0.39, 0.29) is 11.5 Å². The summed E-state index contributed by atoms with van der Waals surface area (Å²) in [7, 11) is 1.47. The SMILES string of the molecule is Cc1cc(C)n([C@@H](c2ccccc2C#N)[C@H](C)c2nc(C(=O)Nc3cnoc3)c(O)c(=O)n2C)n1. The Morgan fingerprint density at radius 1 is 1.29 bits per heavy atom. The van der Waals surface area contributed by atoms with Crippen molar-refractivity contribution in [2.24, 2.45) is 7.05 Å². The van der Waals surface area contributed by atoms with Crippen LogP contribution in [-0.2, 0) is 7.05 Å². The second kappa shape index (κ2) is 9.26. The van der Waals surface area contributed by atoms with E-state index in [1.54, 1.807) is 16.8 Å². The van der Waals surface area contributed by atoms with Crippen molar-refractivity contribution in [3.8, 4) is 11.8 Å². The summed E-state index contributed by atoms with van der Waals surface area (Å²) in [6.45, 7) is 5.59. The van der Waals surface area contributed by atoms with Crippen LogP contribution in [0.1, 0.15) is 57.7 Å². The van der Waals surface area contributed by atoms with Crippen LogP contribution in [-0.4, -0.2) is 35.5 Å². The van der Waals surface area contributed by atoms with Gasteiger partial charge in [-0.1, -0.05) is 30.3 Å². The zero-order chi connectivity index (χ0) is 25.3. The van der Waals surface area contributed by atoms with E-state index in [9.17, 15) is 20.0 Å². The maximum Gasteiger partial charge on any atom is 0.296 e. The highest BCUT2D eigenvalue weighted by molar-refractivity contribution is 6.04. The molecular weight excluding hydrogens is 450 g/mol. The molecule has 0 unspecified atom stereocenters. The van der Waals surface area contributed by atoms with Gasteiger partial charge in [0.15, 0.2) is 5.69 Å². The first-order valence-electron chi connectivity index (χ1n) is 10.7. The molecule has 2 N–H and O–H groups in total. The van der Waals surface area contributed by atoms with Crippen molar-refractivity contribution in [2.75, 3.05) is 5.32 Å². The first-order valence-corrected chi connectivity index (χ1v) is 10.7. The molecule has 0 spiro atoms. The number of anilines is 1. The van der Waals surface area contributed by atoms with Crippen LogP contribution in [0.25, 0.3) is 0 Å². The lowest BCUT2D eigenvalue weighted by atomic mass is 9.90. The maximum atomic E-state index is 12.9. The van der Waals surface area contributed by atoms with Crippen LogP contribution in [0.3, 0.4) is 0 Å². The van der Waals surface area contributed by atoms with Gasteiger partial charge in [-0.2, -0.15) is 10.4 Å². The monoisotopic (exact) mass is 473 g/mol. The van der Waals surface area contributed by atoms with E-state index in [1.165, 1.54) is 24.1 Å². The van der Waals surface area contributed by atoms with E-state index < -0.39 is 34.9 Å². The Bertz CT molecular complexity index is 1500. The average Bonchev–Trinajstić information content (AvgIpc) is 3.47. The molecule has 35 heavy (non-hydrogen) atoms. The van der Waals surface area contributed by atoms with Crippen LogP contribution in [0, 0.1) is 25.2 Å². The summed E-state index contributed by atoms with van der Waals surface area (Å²) >= 11 is 0. The van der Waals surface area contributed by atoms with Gasteiger partial charge in [0.25, 0.3) is 11.5 Å². The molecule has 11 heteroatoms. The van der Waals surface area contributed by atoms with Gasteiger partial charge < -0.3 is 14.9 Å². The molecule has 0 aliphatic rings. The third kappa shape index (κ3) is 4.29. The Balaban J connectivity index is 1.88. The summed E-state index contributed by atoms with van der Waals surface area (Å²) in [4.78, 5) is 30.1. The Labute approximate surface area is 200 Å². The van der Waals surface area contributed by atoms with Gasteiger partial charge in [0.2, 0.25) is 5.75 Å². The van der Waals surface area contributed by atoms with Gasteiger partial charge in [-0.3, -0.25) is 18.8 Å². The summed E-state index contributed by atoms with van der Waals surface area (Å²) in [5, 5.41) is 30.8. The van der Waals surface area contributed by atoms with Crippen molar-refractivity contribution in [1.29, 1.82) is 5.26 Å². The fourth-order valence-corrected chi connectivity index (χ4v) is 4.17. The predicted molar refractivity (Wildman–Crippen MR) is 125 cm³/mol. The molecule has 0 fully saturated rings. The van der Waals surface area contributed by atoms with Gasteiger partial charge in [0.1, 0.15) is 17.8 Å². The Morgan fingerprint density at radius 3 is 2.66 bits per heavy atom. The fourth-order valence-electron chi connectivity index (χ4n) is 4.17. The highest BCUT2D eigenvalue weighted by Crippen LogP contribution is 2.36. The van der Waals surface area contributed by atoms with Crippen LogP contribution in [0.4, 0.5) is 5.69 Å². The van der Waals surface area contributed by atoms with Gasteiger partial charge in [-0.25, -0.2) is 4.98 Å². The number of carbonyl (C=O) groups is 1. The maximum absolute atomic E-state index is 12.9. The predicted octanol–water partition coefficient (Wildman–Crippen LogP) is 2.80. The number of aromatic hydroxyl groups is 1. The second-order valence-corrected chi connectivity index (χ2v) is 8.20. The molecule has 0 saturated heterocycles. The quantitative estimate of drug-likeness (QED) is 0.434. The third-order valence-corrected chi connectivity index (χ3v) is 5.80. The van der Waals surface area contributed by atoms with Crippen molar-refractivity contribution in [3.05, 3.63) is 87.2 Å². The van der Waals surface area contributed by atoms with E-state index in [4.69, 9.17) is 4.52 Å². The van der Waals surface area contributed by atoms with Crippen LogP contribution < -0.4 is 10.9 Å².